The summed E-state index contributed by atoms with van der Waals surface area (Å²) in [6.07, 6.45) is -4.37. The molecule has 1 unspecified atom stereocenters. The number of halogens is 3. The summed E-state index contributed by atoms with van der Waals surface area (Å²) < 4.78 is 37.9. The number of aromatic nitrogens is 1. The fourth-order valence-electron chi connectivity index (χ4n) is 1.40. The zero-order valence-corrected chi connectivity index (χ0v) is 8.45. The minimum absolute atomic E-state index is 0.225. The van der Waals surface area contributed by atoms with Crippen molar-refractivity contribution in [1.82, 2.24) is 4.98 Å². The van der Waals surface area contributed by atoms with Crippen molar-refractivity contribution < 1.29 is 23.1 Å². The van der Waals surface area contributed by atoms with Crippen LogP contribution in [0.3, 0.4) is 0 Å². The number of pyridine rings is 1. The molecule has 1 heterocycles. The van der Waals surface area contributed by atoms with E-state index in [1.165, 1.54) is 25.3 Å². The number of hydrogen-bond acceptors (Lipinski definition) is 2. The lowest BCUT2D eigenvalue weighted by atomic mass is 9.97. The van der Waals surface area contributed by atoms with E-state index >= 15 is 0 Å². The summed E-state index contributed by atoms with van der Waals surface area (Å²) in [5.74, 6) is -3.54. The predicted octanol–water partition coefficient (Wildman–Crippen LogP) is 2.51. The quantitative estimate of drug-likeness (QED) is 0.872. The highest BCUT2D eigenvalue weighted by molar-refractivity contribution is 5.68. The SMILES string of the molecule is Cc1cccnc1C(CC(=O)O)C(F)(F)F. The van der Waals surface area contributed by atoms with E-state index in [-0.39, 0.29) is 5.69 Å². The van der Waals surface area contributed by atoms with Crippen molar-refractivity contribution in [3.63, 3.8) is 0 Å². The van der Waals surface area contributed by atoms with Crippen LogP contribution in [0, 0.1) is 6.92 Å². The van der Waals surface area contributed by atoms with Crippen molar-refractivity contribution in [2.24, 2.45) is 0 Å². The van der Waals surface area contributed by atoms with Gasteiger partial charge >= 0.3 is 12.1 Å². The summed E-state index contributed by atoms with van der Waals surface area (Å²) in [6, 6.07) is 2.98. The molecule has 3 nitrogen and oxygen atoms in total. The summed E-state index contributed by atoms with van der Waals surface area (Å²) in [6.45, 7) is 1.48. The highest BCUT2D eigenvalue weighted by Gasteiger charge is 2.43. The second-order valence-corrected chi connectivity index (χ2v) is 3.40. The third-order valence-corrected chi connectivity index (χ3v) is 2.15. The molecule has 0 amide bonds. The van der Waals surface area contributed by atoms with Crippen molar-refractivity contribution in [2.45, 2.75) is 25.4 Å². The van der Waals surface area contributed by atoms with E-state index in [9.17, 15) is 18.0 Å². The second-order valence-electron chi connectivity index (χ2n) is 3.40. The number of carboxylic acid groups (broad SMARTS) is 1. The van der Waals surface area contributed by atoms with Crippen molar-refractivity contribution in [3.05, 3.63) is 29.6 Å². The second kappa shape index (κ2) is 4.51. The van der Waals surface area contributed by atoms with Gasteiger partial charge in [-0.05, 0) is 18.6 Å². The van der Waals surface area contributed by atoms with Crippen LogP contribution in [0.1, 0.15) is 23.6 Å². The van der Waals surface area contributed by atoms with Crippen LogP contribution in [-0.4, -0.2) is 22.2 Å². The lowest BCUT2D eigenvalue weighted by molar-refractivity contribution is -0.164. The Labute approximate surface area is 89.9 Å². The van der Waals surface area contributed by atoms with Crippen LogP contribution in [0.2, 0.25) is 0 Å². The monoisotopic (exact) mass is 233 g/mol. The Morgan fingerprint density at radius 1 is 1.56 bits per heavy atom. The number of carbonyl (C=O) groups is 1. The number of carboxylic acids is 1. The molecule has 1 aromatic heterocycles. The van der Waals surface area contributed by atoms with Gasteiger partial charge in [0.15, 0.2) is 0 Å². The van der Waals surface area contributed by atoms with Crippen LogP contribution in [0.15, 0.2) is 18.3 Å². The summed E-state index contributed by atoms with van der Waals surface area (Å²) in [7, 11) is 0. The highest BCUT2D eigenvalue weighted by atomic mass is 19.4. The minimum Gasteiger partial charge on any atom is -0.481 e. The molecule has 0 aliphatic heterocycles. The number of rotatable bonds is 3. The molecule has 1 atom stereocenters. The highest BCUT2D eigenvalue weighted by Crippen LogP contribution is 2.37. The Bertz CT molecular complexity index is 390. The fourth-order valence-corrected chi connectivity index (χ4v) is 1.40. The van der Waals surface area contributed by atoms with Gasteiger partial charge in [-0.2, -0.15) is 13.2 Å². The molecule has 0 aliphatic rings. The van der Waals surface area contributed by atoms with Crippen molar-refractivity contribution >= 4 is 5.97 Å². The molecule has 0 spiro atoms. The summed E-state index contributed by atoms with van der Waals surface area (Å²) in [4.78, 5) is 14.0. The molecular formula is C10H10F3NO2. The predicted molar refractivity (Wildman–Crippen MR) is 50.0 cm³/mol. The largest absolute Gasteiger partial charge is 0.481 e. The third kappa shape index (κ3) is 2.95. The van der Waals surface area contributed by atoms with E-state index in [2.05, 4.69) is 4.98 Å². The molecule has 0 fully saturated rings. The Kier molecular flexibility index (Phi) is 3.51. The molecule has 0 aromatic carbocycles. The van der Waals surface area contributed by atoms with Crippen molar-refractivity contribution in [1.29, 1.82) is 0 Å². The molecule has 1 rings (SSSR count). The van der Waals surface area contributed by atoms with E-state index < -0.39 is 24.5 Å². The van der Waals surface area contributed by atoms with Gasteiger partial charge in [0, 0.05) is 6.20 Å². The van der Waals surface area contributed by atoms with Gasteiger partial charge in [0.1, 0.15) is 5.92 Å². The standard InChI is InChI=1S/C10H10F3NO2/c1-6-3-2-4-14-9(6)7(5-8(15)16)10(11,12)13/h2-4,7H,5H2,1H3,(H,15,16). The van der Waals surface area contributed by atoms with Gasteiger partial charge in [-0.15, -0.1) is 0 Å². The third-order valence-electron chi connectivity index (χ3n) is 2.15. The van der Waals surface area contributed by atoms with E-state index in [4.69, 9.17) is 5.11 Å². The Morgan fingerprint density at radius 2 is 2.19 bits per heavy atom. The molecule has 6 heteroatoms. The van der Waals surface area contributed by atoms with Crippen LogP contribution in [0.5, 0.6) is 0 Å². The van der Waals surface area contributed by atoms with E-state index in [1.54, 1.807) is 0 Å². The van der Waals surface area contributed by atoms with Gasteiger partial charge in [0.2, 0.25) is 0 Å². The topological polar surface area (TPSA) is 50.2 Å². The van der Waals surface area contributed by atoms with Crippen molar-refractivity contribution in [2.75, 3.05) is 0 Å². The number of hydrogen-bond donors (Lipinski definition) is 1. The fraction of sp³-hybridized carbons (Fsp3) is 0.400. The molecule has 0 radical (unpaired) electrons. The first-order valence-electron chi connectivity index (χ1n) is 4.52. The summed E-state index contributed by atoms with van der Waals surface area (Å²) >= 11 is 0. The molecule has 0 aliphatic carbocycles. The zero-order valence-electron chi connectivity index (χ0n) is 8.45. The van der Waals surface area contributed by atoms with E-state index in [0.29, 0.717) is 5.56 Å². The maximum absolute atomic E-state index is 12.6. The Morgan fingerprint density at radius 3 is 2.62 bits per heavy atom. The van der Waals surface area contributed by atoms with Gasteiger partial charge in [0.25, 0.3) is 0 Å². The molecule has 88 valence electrons. The van der Waals surface area contributed by atoms with Crippen LogP contribution >= 0.6 is 0 Å². The van der Waals surface area contributed by atoms with Gasteiger partial charge in [-0.25, -0.2) is 0 Å². The molecule has 16 heavy (non-hydrogen) atoms. The molecular weight excluding hydrogens is 223 g/mol. The van der Waals surface area contributed by atoms with Crippen LogP contribution in [-0.2, 0) is 4.79 Å². The maximum atomic E-state index is 12.6. The maximum Gasteiger partial charge on any atom is 0.397 e. The summed E-state index contributed by atoms with van der Waals surface area (Å²) in [5, 5.41) is 8.47. The lowest BCUT2D eigenvalue weighted by Gasteiger charge is -2.19. The molecule has 0 bridgehead atoms. The molecule has 1 N–H and O–H groups in total. The van der Waals surface area contributed by atoms with Crippen molar-refractivity contribution in [3.8, 4) is 0 Å². The average Bonchev–Trinajstić information content (AvgIpc) is 2.13. The van der Waals surface area contributed by atoms with E-state index in [1.807, 2.05) is 0 Å². The van der Waals surface area contributed by atoms with Gasteiger partial charge < -0.3 is 5.11 Å². The smallest absolute Gasteiger partial charge is 0.397 e. The number of alkyl halides is 3. The number of nitrogens with zero attached hydrogens (tertiary/aromatic N) is 1. The first kappa shape index (κ1) is 12.5. The Hall–Kier alpha value is -1.59. The first-order chi connectivity index (χ1) is 7.32. The van der Waals surface area contributed by atoms with Crippen LogP contribution in [0.25, 0.3) is 0 Å². The average molecular weight is 233 g/mol. The lowest BCUT2D eigenvalue weighted by Crippen LogP contribution is -2.25. The number of aliphatic carboxylic acids is 1. The summed E-state index contributed by atoms with van der Waals surface area (Å²) in [5.41, 5.74) is 0.114. The van der Waals surface area contributed by atoms with Gasteiger partial charge in [-0.1, -0.05) is 6.07 Å². The number of aryl methyl sites for hydroxylation is 1. The van der Waals surface area contributed by atoms with Crippen LogP contribution in [0.4, 0.5) is 13.2 Å². The molecule has 0 saturated carbocycles. The van der Waals surface area contributed by atoms with E-state index in [0.717, 1.165) is 0 Å². The normalized spacial score (nSPS) is 13.5. The van der Waals surface area contributed by atoms with Gasteiger partial charge in [-0.3, -0.25) is 9.78 Å². The molecule has 1 aromatic rings. The van der Waals surface area contributed by atoms with Crippen LogP contribution < -0.4 is 0 Å². The molecule has 0 saturated heterocycles. The first-order valence-corrected chi connectivity index (χ1v) is 4.52. The Balaban J connectivity index is 3.12. The van der Waals surface area contributed by atoms with Gasteiger partial charge in [0.05, 0.1) is 12.1 Å². The zero-order chi connectivity index (χ0) is 12.3. The minimum atomic E-state index is -4.60.